The average molecular weight is 563 g/mol. The van der Waals surface area contributed by atoms with E-state index >= 15 is 0 Å². The fraction of sp³-hybridized carbons (Fsp3) is 0. The van der Waals surface area contributed by atoms with Crippen LogP contribution >= 0.6 is 0 Å². The molecule has 0 unspecified atom stereocenters. The van der Waals surface area contributed by atoms with Crippen LogP contribution in [0.5, 0.6) is 0 Å². The lowest BCUT2D eigenvalue weighted by Crippen LogP contribution is -1.94. The van der Waals surface area contributed by atoms with Gasteiger partial charge in [0.2, 0.25) is 0 Å². The van der Waals surface area contributed by atoms with Crippen LogP contribution in [0, 0.1) is 0 Å². The second-order valence-electron chi connectivity index (χ2n) is 11.2. The summed E-state index contributed by atoms with van der Waals surface area (Å²) in [6.45, 7) is 0. The molecule has 0 atom stereocenters. The van der Waals surface area contributed by atoms with Crippen LogP contribution in [0.1, 0.15) is 0 Å². The van der Waals surface area contributed by atoms with Crippen molar-refractivity contribution in [3.63, 3.8) is 0 Å². The van der Waals surface area contributed by atoms with Gasteiger partial charge in [0.05, 0.1) is 27.9 Å². The Labute approximate surface area is 254 Å². The Morgan fingerprint density at radius 2 is 1.05 bits per heavy atom. The number of pyridine rings is 2. The summed E-state index contributed by atoms with van der Waals surface area (Å²) >= 11 is 0. The predicted molar refractivity (Wildman–Crippen MR) is 181 cm³/mol. The van der Waals surface area contributed by atoms with Gasteiger partial charge in [0.1, 0.15) is 0 Å². The molecule has 44 heavy (non-hydrogen) atoms. The van der Waals surface area contributed by atoms with Gasteiger partial charge in [-0.15, -0.1) is 0 Å². The van der Waals surface area contributed by atoms with Gasteiger partial charge >= 0.3 is 0 Å². The molecule has 0 fully saturated rings. The number of hydrogen-bond donors (Lipinski definition) is 0. The summed E-state index contributed by atoms with van der Waals surface area (Å²) in [4.78, 5) is 4.83. The van der Waals surface area contributed by atoms with Gasteiger partial charge in [-0.3, -0.25) is 4.98 Å². The molecular formula is C40H26N4. The van der Waals surface area contributed by atoms with Crippen LogP contribution in [0.15, 0.2) is 158 Å². The van der Waals surface area contributed by atoms with Crippen molar-refractivity contribution in [2.24, 2.45) is 0 Å². The molecule has 0 aliphatic carbocycles. The normalized spacial score (nSPS) is 11.6. The first-order valence-electron chi connectivity index (χ1n) is 14.8. The molecule has 0 saturated carbocycles. The minimum Gasteiger partial charge on any atom is -0.309 e. The van der Waals surface area contributed by atoms with Crippen LogP contribution in [0.2, 0.25) is 0 Å². The van der Waals surface area contributed by atoms with E-state index in [0.29, 0.717) is 0 Å². The third kappa shape index (κ3) is 4.00. The molecule has 4 nitrogen and oxygen atoms in total. The maximum Gasteiger partial charge on any atom is 0.0933 e. The number of hydrogen-bond acceptors (Lipinski definition) is 2. The first kappa shape index (κ1) is 24.6. The minimum atomic E-state index is 0.955. The highest BCUT2D eigenvalue weighted by Gasteiger charge is 2.12. The second-order valence-corrected chi connectivity index (χ2v) is 11.2. The zero-order valence-corrected chi connectivity index (χ0v) is 23.8. The van der Waals surface area contributed by atoms with Gasteiger partial charge in [-0.2, -0.15) is 5.10 Å². The molecule has 0 N–H and O–H groups in total. The summed E-state index contributed by atoms with van der Waals surface area (Å²) in [7, 11) is 0. The van der Waals surface area contributed by atoms with Crippen molar-refractivity contribution in [2.75, 3.05) is 0 Å². The van der Waals surface area contributed by atoms with E-state index in [1.165, 1.54) is 32.6 Å². The highest BCUT2D eigenvalue weighted by molar-refractivity contribution is 6.09. The number of rotatable bonds is 4. The topological polar surface area (TPSA) is 35.1 Å². The monoisotopic (exact) mass is 562 g/mol. The molecule has 0 saturated heterocycles. The summed E-state index contributed by atoms with van der Waals surface area (Å²) in [5.41, 5.74) is 11.0. The summed E-state index contributed by atoms with van der Waals surface area (Å²) in [5, 5.41) is 9.77. The average Bonchev–Trinajstić information content (AvgIpc) is 3.66. The van der Waals surface area contributed by atoms with Gasteiger partial charge in [0.15, 0.2) is 0 Å². The van der Waals surface area contributed by atoms with Gasteiger partial charge in [-0.05, 0) is 53.4 Å². The largest absolute Gasteiger partial charge is 0.309 e. The maximum atomic E-state index is 4.84. The van der Waals surface area contributed by atoms with E-state index in [1.807, 2.05) is 10.7 Å². The number of aromatic nitrogens is 4. The van der Waals surface area contributed by atoms with Crippen LogP contribution in [0.4, 0.5) is 0 Å². The maximum absolute atomic E-state index is 4.84. The second kappa shape index (κ2) is 9.79. The molecule has 0 aliphatic rings. The summed E-state index contributed by atoms with van der Waals surface area (Å²) in [6.07, 6.45) is 4.05. The molecule has 9 aromatic rings. The Balaban J connectivity index is 0.980. The van der Waals surface area contributed by atoms with Crippen molar-refractivity contribution in [3.8, 4) is 39.3 Å². The van der Waals surface area contributed by atoms with Gasteiger partial charge in [-0.1, -0.05) is 103 Å². The molecular weight excluding hydrogens is 536 g/mol. The van der Waals surface area contributed by atoms with E-state index in [4.69, 9.17) is 10.1 Å². The lowest BCUT2D eigenvalue weighted by Gasteiger charge is -2.09. The van der Waals surface area contributed by atoms with Crippen molar-refractivity contribution in [1.29, 1.82) is 0 Å². The predicted octanol–water partition coefficient (Wildman–Crippen LogP) is 9.98. The van der Waals surface area contributed by atoms with Gasteiger partial charge in [0.25, 0.3) is 0 Å². The molecule has 0 spiro atoms. The van der Waals surface area contributed by atoms with Crippen LogP contribution in [0.25, 0.3) is 77.4 Å². The summed E-state index contributed by atoms with van der Waals surface area (Å²) in [5.74, 6) is 0. The first-order chi connectivity index (χ1) is 21.8. The number of para-hydroxylation sites is 2. The van der Waals surface area contributed by atoms with E-state index in [1.54, 1.807) is 0 Å². The van der Waals surface area contributed by atoms with E-state index in [2.05, 4.69) is 156 Å². The molecule has 0 bridgehead atoms. The van der Waals surface area contributed by atoms with E-state index in [9.17, 15) is 0 Å². The fourth-order valence-electron chi connectivity index (χ4n) is 6.36. The third-order valence-electron chi connectivity index (χ3n) is 8.60. The van der Waals surface area contributed by atoms with Gasteiger partial charge in [0, 0.05) is 50.9 Å². The van der Waals surface area contributed by atoms with Crippen LogP contribution < -0.4 is 0 Å². The zero-order valence-electron chi connectivity index (χ0n) is 23.8. The zero-order chi connectivity index (χ0) is 29.0. The molecule has 4 aromatic heterocycles. The number of benzene rings is 5. The molecule has 9 rings (SSSR count). The van der Waals surface area contributed by atoms with Crippen molar-refractivity contribution in [3.05, 3.63) is 158 Å². The molecule has 0 amide bonds. The standard InChI is InChI=1S/C40H26N4/c1-2-8-32-26-43-34(23-30(32)7-1)24-38(42-43)29-15-13-27(14-16-29)31-19-22-37(41-25-31)28-17-20-33(21-18-28)44-39-11-5-3-9-35(39)36-10-4-6-12-40(36)44/h1-26H. The van der Waals surface area contributed by atoms with E-state index in [-0.39, 0.29) is 0 Å². The fourth-order valence-corrected chi connectivity index (χ4v) is 6.36. The lowest BCUT2D eigenvalue weighted by atomic mass is 10.0. The third-order valence-corrected chi connectivity index (χ3v) is 8.60. The summed E-state index contributed by atoms with van der Waals surface area (Å²) < 4.78 is 4.30. The highest BCUT2D eigenvalue weighted by Crippen LogP contribution is 2.33. The van der Waals surface area contributed by atoms with Gasteiger partial charge < -0.3 is 4.57 Å². The lowest BCUT2D eigenvalue weighted by molar-refractivity contribution is 0.974. The Hall–Kier alpha value is -6.00. The molecule has 206 valence electrons. The number of nitrogens with zero attached hydrogens (tertiary/aromatic N) is 4. The van der Waals surface area contributed by atoms with Gasteiger partial charge in [-0.25, -0.2) is 4.52 Å². The van der Waals surface area contributed by atoms with E-state index < -0.39 is 0 Å². The Morgan fingerprint density at radius 1 is 0.455 bits per heavy atom. The molecule has 0 aliphatic heterocycles. The SMILES string of the molecule is c1ccc2cn3nc(-c4ccc(-c5ccc(-c6ccc(-n7c8ccccc8c8ccccc87)cc6)nc5)cc4)cc3cc2c1. The van der Waals surface area contributed by atoms with E-state index in [0.717, 1.165) is 44.8 Å². The van der Waals surface area contributed by atoms with Crippen molar-refractivity contribution in [1.82, 2.24) is 19.2 Å². The molecule has 0 radical (unpaired) electrons. The Bertz CT molecular complexity index is 2360. The van der Waals surface area contributed by atoms with Crippen molar-refractivity contribution >= 4 is 38.1 Å². The minimum absolute atomic E-state index is 0.955. The highest BCUT2D eigenvalue weighted by atomic mass is 15.2. The summed E-state index contributed by atoms with van der Waals surface area (Å²) in [6, 6.07) is 51.4. The Morgan fingerprint density at radius 3 is 1.75 bits per heavy atom. The van der Waals surface area contributed by atoms with Crippen LogP contribution in [-0.4, -0.2) is 19.2 Å². The quantitative estimate of drug-likeness (QED) is 0.214. The van der Waals surface area contributed by atoms with Crippen LogP contribution in [0.3, 0.4) is 0 Å². The van der Waals surface area contributed by atoms with Crippen molar-refractivity contribution in [2.45, 2.75) is 0 Å². The first-order valence-corrected chi connectivity index (χ1v) is 14.8. The molecule has 4 heterocycles. The smallest absolute Gasteiger partial charge is 0.0933 e. The van der Waals surface area contributed by atoms with Crippen LogP contribution in [-0.2, 0) is 0 Å². The molecule has 5 aromatic carbocycles. The molecule has 4 heteroatoms. The van der Waals surface area contributed by atoms with Crippen molar-refractivity contribution < 1.29 is 0 Å². The Kier molecular flexibility index (Phi) is 5.47. The number of fused-ring (bicyclic) bond motifs is 5.